The molecular weight excluding hydrogens is 474 g/mol. The van der Waals surface area contributed by atoms with Crippen LogP contribution in [0.5, 0.6) is 0 Å². The molecule has 0 radical (unpaired) electrons. The van der Waals surface area contributed by atoms with E-state index in [-0.39, 0.29) is 35.8 Å². The lowest BCUT2D eigenvalue weighted by Crippen LogP contribution is -2.48. The third kappa shape index (κ3) is 5.25. The molecule has 2 unspecified atom stereocenters. The highest BCUT2D eigenvalue weighted by molar-refractivity contribution is 9.10. The maximum absolute atomic E-state index is 12.9. The number of halogens is 1. The van der Waals surface area contributed by atoms with Gasteiger partial charge in [-0.05, 0) is 62.4 Å². The fourth-order valence-electron chi connectivity index (χ4n) is 3.11. The molecule has 0 spiro atoms. The normalized spacial score (nSPS) is 19.8. The third-order valence-corrected chi connectivity index (χ3v) is 6.91. The zero-order valence-corrected chi connectivity index (χ0v) is 18.9. The minimum Gasteiger partial charge on any atom is -0.373 e. The average molecular weight is 496 g/mol. The van der Waals surface area contributed by atoms with Gasteiger partial charge in [-0.15, -0.1) is 0 Å². The van der Waals surface area contributed by atoms with Gasteiger partial charge in [0.05, 0.1) is 17.1 Å². The second-order valence-corrected chi connectivity index (χ2v) is 9.87. The number of hydrogen-bond acceptors (Lipinski definition) is 5. The first-order valence-corrected chi connectivity index (χ1v) is 11.5. The number of carbonyl (C=O) groups excluding carboxylic acids is 2. The molecule has 0 aliphatic carbocycles. The van der Waals surface area contributed by atoms with Crippen molar-refractivity contribution in [3.63, 3.8) is 0 Å². The largest absolute Gasteiger partial charge is 0.373 e. The molecule has 30 heavy (non-hydrogen) atoms. The number of sulfonamides is 1. The van der Waals surface area contributed by atoms with E-state index in [0.717, 1.165) is 4.47 Å². The van der Waals surface area contributed by atoms with Crippen LogP contribution in [-0.4, -0.2) is 49.8 Å². The van der Waals surface area contributed by atoms with Crippen LogP contribution in [0.3, 0.4) is 0 Å². The van der Waals surface area contributed by atoms with E-state index in [0.29, 0.717) is 5.56 Å². The molecule has 2 aromatic carbocycles. The number of ether oxygens (including phenoxy) is 1. The van der Waals surface area contributed by atoms with Gasteiger partial charge in [-0.1, -0.05) is 15.9 Å². The molecular formula is C20H22BrN3O5S. The van der Waals surface area contributed by atoms with Crippen LogP contribution in [0.1, 0.15) is 34.6 Å². The van der Waals surface area contributed by atoms with Crippen LogP contribution in [0.4, 0.5) is 0 Å². The van der Waals surface area contributed by atoms with Crippen molar-refractivity contribution in [3.8, 4) is 0 Å². The van der Waals surface area contributed by atoms with Crippen molar-refractivity contribution in [2.45, 2.75) is 31.0 Å². The zero-order valence-electron chi connectivity index (χ0n) is 16.5. The Bertz CT molecular complexity index is 1020. The standard InChI is InChI=1S/C20H22BrN3O5S/c1-13-11-24(12-14(2)29-13)30(27,28)18-9-5-16(6-10-18)20(26)23-22-19(25)15-3-7-17(21)8-4-15/h3-10,13-14H,11-12H2,1-2H3,(H,22,25)(H,23,26). The average Bonchev–Trinajstić information content (AvgIpc) is 2.71. The van der Waals surface area contributed by atoms with Gasteiger partial charge in [0.15, 0.2) is 0 Å². The fourth-order valence-corrected chi connectivity index (χ4v) is 4.97. The molecule has 2 amide bonds. The van der Waals surface area contributed by atoms with E-state index < -0.39 is 21.8 Å². The Balaban J connectivity index is 1.64. The van der Waals surface area contributed by atoms with Gasteiger partial charge in [0.1, 0.15) is 0 Å². The Morgan fingerprint density at radius 1 is 0.900 bits per heavy atom. The quantitative estimate of drug-likeness (QED) is 0.633. The fraction of sp³-hybridized carbons (Fsp3) is 0.300. The highest BCUT2D eigenvalue weighted by atomic mass is 79.9. The lowest BCUT2D eigenvalue weighted by atomic mass is 10.2. The molecule has 2 N–H and O–H groups in total. The first kappa shape index (κ1) is 22.4. The van der Waals surface area contributed by atoms with Crippen molar-refractivity contribution in [1.82, 2.24) is 15.2 Å². The topological polar surface area (TPSA) is 105 Å². The first-order chi connectivity index (χ1) is 14.2. The van der Waals surface area contributed by atoms with Crippen LogP contribution < -0.4 is 10.9 Å². The molecule has 2 atom stereocenters. The lowest BCUT2D eigenvalue weighted by molar-refractivity contribution is -0.0440. The third-order valence-electron chi connectivity index (χ3n) is 4.54. The summed E-state index contributed by atoms with van der Waals surface area (Å²) in [5.74, 6) is -1.02. The minimum atomic E-state index is -3.69. The van der Waals surface area contributed by atoms with Gasteiger partial charge in [0.2, 0.25) is 10.0 Å². The summed E-state index contributed by atoms with van der Waals surface area (Å²) in [4.78, 5) is 24.4. The van der Waals surface area contributed by atoms with Crippen LogP contribution in [0.2, 0.25) is 0 Å². The predicted octanol–water partition coefficient (Wildman–Crippen LogP) is 2.32. The maximum Gasteiger partial charge on any atom is 0.269 e. The summed E-state index contributed by atoms with van der Waals surface area (Å²) in [6.45, 7) is 4.20. The molecule has 1 fully saturated rings. The SMILES string of the molecule is CC1CN(S(=O)(=O)c2ccc(C(=O)NNC(=O)c3ccc(Br)cc3)cc2)CC(C)O1. The van der Waals surface area contributed by atoms with Crippen molar-refractivity contribution in [2.24, 2.45) is 0 Å². The van der Waals surface area contributed by atoms with Crippen molar-refractivity contribution in [1.29, 1.82) is 0 Å². The number of nitrogens with one attached hydrogen (secondary N) is 2. The van der Waals surface area contributed by atoms with E-state index in [4.69, 9.17) is 4.74 Å². The lowest BCUT2D eigenvalue weighted by Gasteiger charge is -2.34. The molecule has 0 bridgehead atoms. The molecule has 3 rings (SSSR count). The van der Waals surface area contributed by atoms with Gasteiger partial charge >= 0.3 is 0 Å². The van der Waals surface area contributed by atoms with E-state index in [2.05, 4.69) is 26.8 Å². The summed E-state index contributed by atoms with van der Waals surface area (Å²) in [5, 5.41) is 0. The van der Waals surface area contributed by atoms with Crippen LogP contribution in [0.25, 0.3) is 0 Å². The smallest absolute Gasteiger partial charge is 0.269 e. The van der Waals surface area contributed by atoms with Crippen LogP contribution in [0.15, 0.2) is 57.9 Å². The Labute approximate surface area is 183 Å². The first-order valence-electron chi connectivity index (χ1n) is 9.29. The summed E-state index contributed by atoms with van der Waals surface area (Å²) in [6.07, 6.45) is -0.383. The summed E-state index contributed by atoms with van der Waals surface area (Å²) in [6, 6.07) is 12.2. The van der Waals surface area contributed by atoms with Crippen LogP contribution >= 0.6 is 15.9 Å². The van der Waals surface area contributed by atoms with Gasteiger partial charge < -0.3 is 4.74 Å². The summed E-state index contributed by atoms with van der Waals surface area (Å²) in [5.41, 5.74) is 5.25. The van der Waals surface area contributed by atoms with Crippen molar-refractivity contribution >= 4 is 37.8 Å². The van der Waals surface area contributed by atoms with E-state index in [9.17, 15) is 18.0 Å². The molecule has 1 saturated heterocycles. The Kier molecular flexibility index (Phi) is 6.91. The number of carbonyl (C=O) groups is 2. The second kappa shape index (κ2) is 9.25. The highest BCUT2D eigenvalue weighted by Crippen LogP contribution is 2.21. The van der Waals surface area contributed by atoms with Gasteiger partial charge in [-0.25, -0.2) is 8.42 Å². The van der Waals surface area contributed by atoms with Gasteiger partial charge in [0.25, 0.3) is 11.8 Å². The van der Waals surface area contributed by atoms with Crippen molar-refractivity contribution in [3.05, 3.63) is 64.1 Å². The molecule has 1 aliphatic rings. The summed E-state index contributed by atoms with van der Waals surface area (Å²) < 4.78 is 33.5. The number of amides is 2. The van der Waals surface area contributed by atoms with E-state index >= 15 is 0 Å². The minimum absolute atomic E-state index is 0.0965. The Morgan fingerprint density at radius 3 is 1.80 bits per heavy atom. The van der Waals surface area contributed by atoms with Crippen LogP contribution in [0, 0.1) is 0 Å². The second-order valence-electron chi connectivity index (χ2n) is 7.02. The van der Waals surface area contributed by atoms with E-state index in [1.165, 1.54) is 28.6 Å². The molecule has 8 nitrogen and oxygen atoms in total. The highest BCUT2D eigenvalue weighted by Gasteiger charge is 2.32. The molecule has 2 aromatic rings. The molecule has 0 saturated carbocycles. The Morgan fingerprint density at radius 2 is 1.33 bits per heavy atom. The predicted molar refractivity (Wildman–Crippen MR) is 114 cm³/mol. The zero-order chi connectivity index (χ0) is 21.9. The van der Waals surface area contributed by atoms with E-state index in [1.807, 2.05) is 13.8 Å². The van der Waals surface area contributed by atoms with Gasteiger partial charge in [0, 0.05) is 28.7 Å². The van der Waals surface area contributed by atoms with Crippen LogP contribution in [-0.2, 0) is 14.8 Å². The molecule has 1 aliphatic heterocycles. The number of hydrogen-bond donors (Lipinski definition) is 2. The number of rotatable bonds is 4. The van der Waals surface area contributed by atoms with Crippen molar-refractivity contribution in [2.75, 3.05) is 13.1 Å². The number of benzene rings is 2. The summed E-state index contributed by atoms with van der Waals surface area (Å²) in [7, 11) is -3.69. The number of hydrazine groups is 1. The number of morpholine rings is 1. The van der Waals surface area contributed by atoms with Gasteiger partial charge in [-0.3, -0.25) is 20.4 Å². The number of nitrogens with zero attached hydrogens (tertiary/aromatic N) is 1. The monoisotopic (exact) mass is 495 g/mol. The molecule has 1 heterocycles. The molecule has 160 valence electrons. The van der Waals surface area contributed by atoms with E-state index in [1.54, 1.807) is 24.3 Å². The van der Waals surface area contributed by atoms with Gasteiger partial charge in [-0.2, -0.15) is 4.31 Å². The summed E-state index contributed by atoms with van der Waals surface area (Å²) >= 11 is 3.28. The maximum atomic E-state index is 12.9. The Hall–Kier alpha value is -2.27. The molecule has 10 heteroatoms. The van der Waals surface area contributed by atoms with Crippen molar-refractivity contribution < 1.29 is 22.7 Å². The molecule has 0 aromatic heterocycles.